The van der Waals surface area contributed by atoms with Gasteiger partial charge in [-0.1, -0.05) is 6.07 Å². The number of nitro benzene ring substituents is 1. The van der Waals surface area contributed by atoms with E-state index in [4.69, 9.17) is 0 Å². The van der Waals surface area contributed by atoms with Crippen LogP contribution in [0.25, 0.3) is 0 Å². The van der Waals surface area contributed by atoms with E-state index in [0.717, 1.165) is 3.57 Å². The van der Waals surface area contributed by atoms with E-state index in [0.29, 0.717) is 9.13 Å². The molecule has 0 bridgehead atoms. The smallest absolute Gasteiger partial charge is 0.283 e. The van der Waals surface area contributed by atoms with Crippen molar-refractivity contribution in [3.8, 4) is 0 Å². The quantitative estimate of drug-likeness (QED) is 0.374. The van der Waals surface area contributed by atoms with Crippen molar-refractivity contribution < 1.29 is 14.1 Å². The summed E-state index contributed by atoms with van der Waals surface area (Å²) < 4.78 is 15.1. The Morgan fingerprint density at radius 1 is 1.18 bits per heavy atom. The molecule has 0 aliphatic rings. The minimum atomic E-state index is -0.610. The lowest BCUT2D eigenvalue weighted by Crippen LogP contribution is -2.24. The van der Waals surface area contributed by atoms with Crippen molar-refractivity contribution in [1.29, 1.82) is 0 Å². The molecule has 0 heterocycles. The van der Waals surface area contributed by atoms with Gasteiger partial charge in [-0.3, -0.25) is 14.9 Å². The molecule has 0 fully saturated rings. The first kappa shape index (κ1) is 17.1. The SMILES string of the molecule is O=C(NCc1ccc(I)cc1F)c1ccc(I)cc1[N+](=O)[O-]. The average Bonchev–Trinajstić information content (AvgIpc) is 2.45. The van der Waals surface area contributed by atoms with E-state index in [2.05, 4.69) is 5.32 Å². The highest BCUT2D eigenvalue weighted by molar-refractivity contribution is 14.1. The zero-order chi connectivity index (χ0) is 16.3. The van der Waals surface area contributed by atoms with Crippen molar-refractivity contribution in [2.45, 2.75) is 6.54 Å². The lowest BCUT2D eigenvalue weighted by molar-refractivity contribution is -0.385. The molecule has 0 aliphatic heterocycles. The number of carbonyl (C=O) groups excluding carboxylic acids is 1. The van der Waals surface area contributed by atoms with E-state index in [1.165, 1.54) is 18.2 Å². The summed E-state index contributed by atoms with van der Waals surface area (Å²) in [4.78, 5) is 22.5. The Morgan fingerprint density at radius 3 is 2.45 bits per heavy atom. The topological polar surface area (TPSA) is 72.2 Å². The molecule has 1 amide bonds. The third-order valence-corrected chi connectivity index (χ3v) is 4.20. The van der Waals surface area contributed by atoms with Crippen LogP contribution in [0, 0.1) is 23.1 Å². The third kappa shape index (κ3) is 4.12. The predicted molar refractivity (Wildman–Crippen MR) is 96.1 cm³/mol. The number of halogens is 3. The molecule has 1 N–H and O–H groups in total. The Labute approximate surface area is 152 Å². The van der Waals surface area contributed by atoms with Gasteiger partial charge in [0.05, 0.1) is 4.92 Å². The predicted octanol–water partition coefficient (Wildman–Crippen LogP) is 3.87. The van der Waals surface area contributed by atoms with E-state index in [1.807, 2.05) is 45.2 Å². The van der Waals surface area contributed by atoms with Gasteiger partial charge in [-0.15, -0.1) is 0 Å². The van der Waals surface area contributed by atoms with Crippen molar-refractivity contribution in [2.75, 3.05) is 0 Å². The standard InChI is InChI=1S/C14H9FI2N2O3/c15-12-5-9(16)2-1-8(12)7-18-14(20)11-4-3-10(17)6-13(11)19(21)22/h1-6H,7H2,(H,18,20). The van der Waals surface area contributed by atoms with Crippen LogP contribution in [0.15, 0.2) is 36.4 Å². The van der Waals surface area contributed by atoms with Gasteiger partial charge in [0.2, 0.25) is 0 Å². The minimum Gasteiger partial charge on any atom is -0.348 e. The van der Waals surface area contributed by atoms with Gasteiger partial charge in [0, 0.05) is 25.3 Å². The number of benzene rings is 2. The van der Waals surface area contributed by atoms with E-state index < -0.39 is 16.6 Å². The maximum Gasteiger partial charge on any atom is 0.283 e. The first-order valence-corrected chi connectivity index (χ1v) is 8.20. The van der Waals surface area contributed by atoms with Crippen LogP contribution in [-0.2, 0) is 6.54 Å². The minimum absolute atomic E-state index is 0.0370. The maximum atomic E-state index is 13.7. The molecule has 114 valence electrons. The second kappa shape index (κ2) is 7.31. The summed E-state index contributed by atoms with van der Waals surface area (Å²) in [5.41, 5.74) is 0.00532. The Bertz CT molecular complexity index is 753. The Balaban J connectivity index is 2.18. The van der Waals surface area contributed by atoms with Gasteiger partial charge in [0.1, 0.15) is 11.4 Å². The molecule has 2 aromatic carbocycles. The molecule has 0 unspecified atom stereocenters. The number of hydrogen-bond acceptors (Lipinski definition) is 3. The highest BCUT2D eigenvalue weighted by atomic mass is 127. The van der Waals surface area contributed by atoms with Crippen LogP contribution in [-0.4, -0.2) is 10.8 Å². The summed E-state index contributed by atoms with van der Waals surface area (Å²) in [6, 6.07) is 8.96. The van der Waals surface area contributed by atoms with Crippen molar-refractivity contribution >= 4 is 56.8 Å². The fourth-order valence-corrected chi connectivity index (χ4v) is 2.71. The summed E-state index contributed by atoms with van der Waals surface area (Å²) in [6.07, 6.45) is 0. The molecule has 2 aromatic rings. The summed E-state index contributed by atoms with van der Waals surface area (Å²) >= 11 is 3.92. The van der Waals surface area contributed by atoms with Crippen molar-refractivity contribution in [1.82, 2.24) is 5.32 Å². The van der Waals surface area contributed by atoms with Gasteiger partial charge in [0.25, 0.3) is 11.6 Å². The number of nitrogens with one attached hydrogen (secondary N) is 1. The van der Waals surface area contributed by atoms with Gasteiger partial charge < -0.3 is 5.32 Å². The fourth-order valence-electron chi connectivity index (χ4n) is 1.78. The lowest BCUT2D eigenvalue weighted by atomic mass is 10.1. The molecule has 0 saturated heterocycles. The average molecular weight is 526 g/mol. The van der Waals surface area contributed by atoms with Crippen molar-refractivity contribution in [2.24, 2.45) is 0 Å². The zero-order valence-corrected chi connectivity index (χ0v) is 15.3. The van der Waals surface area contributed by atoms with Crippen molar-refractivity contribution in [3.63, 3.8) is 0 Å². The van der Waals surface area contributed by atoms with Gasteiger partial charge in [-0.2, -0.15) is 0 Å². The van der Waals surface area contributed by atoms with Crippen LogP contribution in [0.4, 0.5) is 10.1 Å². The van der Waals surface area contributed by atoms with E-state index in [1.54, 1.807) is 18.2 Å². The highest BCUT2D eigenvalue weighted by Gasteiger charge is 2.20. The number of nitro groups is 1. The lowest BCUT2D eigenvalue weighted by Gasteiger charge is -2.07. The summed E-state index contributed by atoms with van der Waals surface area (Å²) in [7, 11) is 0. The van der Waals surface area contributed by atoms with Crippen LogP contribution in [0.3, 0.4) is 0 Å². The molecule has 0 saturated carbocycles. The number of rotatable bonds is 4. The Kier molecular flexibility index (Phi) is 5.67. The molecule has 2 rings (SSSR count). The fraction of sp³-hybridized carbons (Fsp3) is 0.0714. The number of carbonyl (C=O) groups is 1. The molecule has 22 heavy (non-hydrogen) atoms. The molecule has 0 aromatic heterocycles. The number of nitrogens with zero attached hydrogens (tertiary/aromatic N) is 1. The first-order valence-electron chi connectivity index (χ1n) is 6.04. The number of amides is 1. The molecule has 0 aliphatic carbocycles. The van der Waals surface area contributed by atoms with Gasteiger partial charge >= 0.3 is 0 Å². The van der Waals surface area contributed by atoms with Crippen molar-refractivity contribution in [3.05, 3.63) is 70.6 Å². The van der Waals surface area contributed by atoms with Crippen LogP contribution >= 0.6 is 45.2 Å². The van der Waals surface area contributed by atoms with Gasteiger partial charge in [-0.05, 0) is 69.4 Å². The second-order valence-electron chi connectivity index (χ2n) is 4.34. The molecule has 0 radical (unpaired) electrons. The molecular formula is C14H9FI2N2O3. The van der Waals surface area contributed by atoms with Crippen LogP contribution in [0.2, 0.25) is 0 Å². The maximum absolute atomic E-state index is 13.7. The highest BCUT2D eigenvalue weighted by Crippen LogP contribution is 2.21. The monoisotopic (exact) mass is 526 g/mol. The van der Waals surface area contributed by atoms with E-state index in [9.17, 15) is 19.3 Å². The number of hydrogen-bond donors (Lipinski definition) is 1. The summed E-state index contributed by atoms with van der Waals surface area (Å²) in [6.45, 7) is -0.0370. The van der Waals surface area contributed by atoms with Gasteiger partial charge in [0.15, 0.2) is 0 Å². The molecule has 0 spiro atoms. The molecular weight excluding hydrogens is 517 g/mol. The summed E-state index contributed by atoms with van der Waals surface area (Å²) in [5.74, 6) is -1.04. The molecule has 0 atom stereocenters. The Hall–Kier alpha value is -1.30. The van der Waals surface area contributed by atoms with E-state index in [-0.39, 0.29) is 17.8 Å². The Morgan fingerprint density at radius 2 is 1.82 bits per heavy atom. The van der Waals surface area contributed by atoms with Gasteiger partial charge in [-0.25, -0.2) is 4.39 Å². The molecule has 8 heteroatoms. The normalized spacial score (nSPS) is 10.3. The second-order valence-corrected chi connectivity index (χ2v) is 6.83. The van der Waals surface area contributed by atoms with Crippen LogP contribution in [0.5, 0.6) is 0 Å². The molecule has 5 nitrogen and oxygen atoms in total. The zero-order valence-electron chi connectivity index (χ0n) is 11.0. The summed E-state index contributed by atoms with van der Waals surface area (Å²) in [5, 5.41) is 13.5. The largest absolute Gasteiger partial charge is 0.348 e. The van der Waals surface area contributed by atoms with Crippen LogP contribution < -0.4 is 5.32 Å². The van der Waals surface area contributed by atoms with E-state index >= 15 is 0 Å². The first-order chi connectivity index (χ1) is 10.4. The van der Waals surface area contributed by atoms with Crippen LogP contribution in [0.1, 0.15) is 15.9 Å². The third-order valence-electron chi connectivity index (χ3n) is 2.86.